The van der Waals surface area contributed by atoms with Crippen LogP contribution in [0.3, 0.4) is 0 Å². The molecule has 0 bridgehead atoms. The number of likely N-dealkylation sites (N-methyl/N-ethyl adjacent to an activating group) is 1. The number of aryl methyl sites for hydroxylation is 2. The van der Waals surface area contributed by atoms with Crippen molar-refractivity contribution in [2.24, 2.45) is 11.8 Å². The van der Waals surface area contributed by atoms with E-state index >= 15 is 0 Å². The first kappa shape index (κ1) is 34.5. The first-order valence-corrected chi connectivity index (χ1v) is 17.7. The summed E-state index contributed by atoms with van der Waals surface area (Å²) in [6.07, 6.45) is 3.08. The van der Waals surface area contributed by atoms with Gasteiger partial charge < -0.3 is 14.4 Å². The van der Waals surface area contributed by atoms with Crippen molar-refractivity contribution in [1.29, 1.82) is 0 Å². The molecule has 5 rings (SSSR count). The number of sulfonamides is 1. The van der Waals surface area contributed by atoms with Crippen LogP contribution in [-0.2, 0) is 19.6 Å². The summed E-state index contributed by atoms with van der Waals surface area (Å²) in [5.74, 6) is 0.771. The summed E-state index contributed by atoms with van der Waals surface area (Å²) in [4.78, 5) is 37.5. The largest absolute Gasteiger partial charge is 0.476 e. The van der Waals surface area contributed by atoms with Gasteiger partial charge in [-0.3, -0.25) is 14.5 Å². The molecule has 1 saturated heterocycles. The summed E-state index contributed by atoms with van der Waals surface area (Å²) >= 11 is 0. The average Bonchev–Trinajstić information content (AvgIpc) is 3.02. The number of nitrogens with zero attached hydrogens (tertiary/aromatic N) is 4. The van der Waals surface area contributed by atoms with Crippen molar-refractivity contribution in [3.63, 3.8) is 0 Å². The van der Waals surface area contributed by atoms with Gasteiger partial charge in [0, 0.05) is 48.3 Å². The molecule has 2 heterocycles. The van der Waals surface area contributed by atoms with Gasteiger partial charge in [0.1, 0.15) is 12.9 Å². The van der Waals surface area contributed by atoms with Crippen molar-refractivity contribution in [2.45, 2.75) is 63.9 Å². The molecule has 2 aromatic carbocycles. The van der Waals surface area contributed by atoms with Gasteiger partial charge in [0.15, 0.2) is 0 Å². The van der Waals surface area contributed by atoms with Gasteiger partial charge in [0.2, 0.25) is 17.7 Å². The highest BCUT2D eigenvalue weighted by Crippen LogP contribution is 2.35. The Morgan fingerprint density at radius 3 is 2.43 bits per heavy atom. The Labute approximate surface area is 277 Å². The third-order valence-electron chi connectivity index (χ3n) is 9.07. The maximum atomic E-state index is 13.3. The predicted molar refractivity (Wildman–Crippen MR) is 180 cm³/mol. The number of benzene rings is 2. The normalized spacial score (nSPS) is 18.9. The van der Waals surface area contributed by atoms with Crippen LogP contribution in [0, 0.1) is 25.7 Å². The molecule has 1 saturated carbocycles. The van der Waals surface area contributed by atoms with Gasteiger partial charge in [-0.15, -0.1) is 0 Å². The second-order valence-electron chi connectivity index (χ2n) is 13.0. The van der Waals surface area contributed by atoms with Crippen molar-refractivity contribution >= 4 is 28.2 Å². The number of hydrogen-bond acceptors (Lipinski definition) is 9. The number of aldehydes is 1. The van der Waals surface area contributed by atoms with E-state index in [4.69, 9.17) is 9.47 Å². The monoisotopic (exact) mass is 663 g/mol. The minimum Gasteiger partial charge on any atom is -0.476 e. The third kappa shape index (κ3) is 8.35. The number of rotatable bonds is 13. The minimum absolute atomic E-state index is 0.0331. The molecule has 11 nitrogen and oxygen atoms in total. The summed E-state index contributed by atoms with van der Waals surface area (Å²) in [5, 5.41) is 0. The van der Waals surface area contributed by atoms with Crippen molar-refractivity contribution in [1.82, 2.24) is 19.8 Å². The molecule has 0 spiro atoms. The van der Waals surface area contributed by atoms with Gasteiger partial charge in [0.25, 0.3) is 10.0 Å². The Kier molecular flexibility index (Phi) is 10.9. The molecule has 12 heteroatoms. The van der Waals surface area contributed by atoms with Crippen LogP contribution in [-0.4, -0.2) is 92.4 Å². The summed E-state index contributed by atoms with van der Waals surface area (Å²) in [7, 11) is -2.02. The Bertz CT molecular complexity index is 1670. The molecule has 1 atom stereocenters. The number of anilines is 1. The summed E-state index contributed by atoms with van der Waals surface area (Å²) in [6, 6.07) is 13.7. The molecule has 3 aromatic rings. The van der Waals surface area contributed by atoms with Crippen LogP contribution in [0.15, 0.2) is 53.4 Å². The number of nitrogens with one attached hydrogen (secondary N) is 1. The van der Waals surface area contributed by atoms with E-state index in [1.807, 2.05) is 36.9 Å². The maximum Gasteiger partial charge on any atom is 0.264 e. The van der Waals surface area contributed by atoms with Crippen LogP contribution >= 0.6 is 0 Å². The van der Waals surface area contributed by atoms with Gasteiger partial charge in [0.05, 0.1) is 23.8 Å². The topological polar surface area (TPSA) is 131 Å². The number of hydrogen-bond donors (Lipinski definition) is 1. The van der Waals surface area contributed by atoms with Gasteiger partial charge in [-0.05, 0) is 69.3 Å². The van der Waals surface area contributed by atoms with Crippen LogP contribution in [0.5, 0.6) is 5.88 Å². The number of morpholine rings is 1. The molecule has 0 unspecified atom stereocenters. The number of amides is 1. The molecule has 1 aromatic heterocycles. The highest BCUT2D eigenvalue weighted by molar-refractivity contribution is 7.92. The zero-order chi connectivity index (χ0) is 33.7. The van der Waals surface area contributed by atoms with Gasteiger partial charge in [-0.1, -0.05) is 44.2 Å². The second-order valence-corrected chi connectivity index (χ2v) is 14.7. The first-order valence-electron chi connectivity index (χ1n) is 16.2. The lowest BCUT2D eigenvalue weighted by atomic mass is 9.77. The molecular formula is C35H45N5O6S. The minimum atomic E-state index is -4.11. The fourth-order valence-corrected chi connectivity index (χ4v) is 7.36. The highest BCUT2D eigenvalue weighted by Gasteiger charge is 2.41. The van der Waals surface area contributed by atoms with E-state index in [2.05, 4.69) is 40.5 Å². The van der Waals surface area contributed by atoms with E-state index in [-0.39, 0.29) is 46.2 Å². The van der Waals surface area contributed by atoms with Crippen LogP contribution in [0.2, 0.25) is 0 Å². The zero-order valence-electron chi connectivity index (χ0n) is 27.8. The Morgan fingerprint density at radius 1 is 1.09 bits per heavy atom. The number of carbonyl (C=O) groups is 2. The Balaban J connectivity index is 1.36. The van der Waals surface area contributed by atoms with E-state index in [0.29, 0.717) is 50.8 Å². The molecule has 1 aliphatic heterocycles. The first-order chi connectivity index (χ1) is 22.4. The smallest absolute Gasteiger partial charge is 0.264 e. The fraction of sp³-hybridized carbons (Fsp3) is 0.486. The molecule has 47 heavy (non-hydrogen) atoms. The van der Waals surface area contributed by atoms with Crippen LogP contribution in [0.25, 0.3) is 11.3 Å². The highest BCUT2D eigenvalue weighted by atomic mass is 32.2. The number of aromatic nitrogens is 2. The van der Waals surface area contributed by atoms with Gasteiger partial charge in [-0.25, -0.2) is 18.1 Å². The standard InChI is InChI=1S/C35H45N5O6S/c1-23(2)16-29(39(5)28-18-27(19-28)34(42)40-12-14-45-15-13-40)22-46-32-20-31(33-24(3)8-6-9-25(33)4)36-35(37-32)38-47(43,44)30-11-7-10-26(17-30)21-41/h6-11,17,20-21,23,27-29H,12-16,18-19,22H2,1-5H3,(H,36,37,38)/t27?,28?,29-/m1/s1. The summed E-state index contributed by atoms with van der Waals surface area (Å²) in [6.45, 7) is 11.1. The molecular weight excluding hydrogens is 618 g/mol. The molecule has 252 valence electrons. The number of ether oxygens (including phenoxy) is 2. The van der Waals surface area contributed by atoms with Crippen LogP contribution in [0.4, 0.5) is 5.95 Å². The molecule has 0 radical (unpaired) electrons. The van der Waals surface area contributed by atoms with E-state index in [1.54, 1.807) is 6.07 Å². The molecule has 2 fully saturated rings. The quantitative estimate of drug-likeness (QED) is 0.258. The average molecular weight is 664 g/mol. The molecule has 2 aliphatic rings. The molecule has 1 N–H and O–H groups in total. The van der Waals surface area contributed by atoms with E-state index < -0.39 is 10.0 Å². The van der Waals surface area contributed by atoms with Crippen LogP contribution in [0.1, 0.15) is 54.6 Å². The summed E-state index contributed by atoms with van der Waals surface area (Å²) in [5.41, 5.74) is 3.59. The molecule has 1 aliphatic carbocycles. The summed E-state index contributed by atoms with van der Waals surface area (Å²) < 4.78 is 40.9. The lowest BCUT2D eigenvalue weighted by molar-refractivity contribution is -0.145. The fourth-order valence-electron chi connectivity index (χ4n) is 6.36. The van der Waals surface area contributed by atoms with Crippen molar-refractivity contribution < 1.29 is 27.5 Å². The molecule has 1 amide bonds. The predicted octanol–water partition coefficient (Wildman–Crippen LogP) is 4.74. The van der Waals surface area contributed by atoms with Gasteiger partial charge >= 0.3 is 0 Å². The van der Waals surface area contributed by atoms with Crippen molar-refractivity contribution in [2.75, 3.05) is 44.7 Å². The lowest BCUT2D eigenvalue weighted by Gasteiger charge is -2.45. The zero-order valence-corrected chi connectivity index (χ0v) is 28.6. The SMILES string of the molecule is Cc1cccc(C)c1-c1cc(OC[C@@H](CC(C)C)N(C)C2CC(C(=O)N3CCOCC3)C2)nc(NS(=O)(=O)c2cccc(C=O)c2)n1. The Morgan fingerprint density at radius 2 is 1.77 bits per heavy atom. The van der Waals surface area contributed by atoms with E-state index in [9.17, 15) is 18.0 Å². The van der Waals surface area contributed by atoms with E-state index in [1.165, 1.54) is 24.3 Å². The third-order valence-corrected chi connectivity index (χ3v) is 10.4. The van der Waals surface area contributed by atoms with E-state index in [0.717, 1.165) is 36.0 Å². The van der Waals surface area contributed by atoms with Crippen molar-refractivity contribution in [3.05, 3.63) is 65.2 Å². The lowest BCUT2D eigenvalue weighted by Crippen LogP contribution is -2.54. The van der Waals surface area contributed by atoms with Crippen LogP contribution < -0.4 is 9.46 Å². The number of carbonyl (C=O) groups excluding carboxylic acids is 2. The Hall–Kier alpha value is -3.87. The van der Waals surface area contributed by atoms with Crippen molar-refractivity contribution in [3.8, 4) is 17.1 Å². The second kappa shape index (κ2) is 14.9. The maximum absolute atomic E-state index is 13.3. The van der Waals surface area contributed by atoms with Gasteiger partial charge in [-0.2, -0.15) is 4.98 Å².